The van der Waals surface area contributed by atoms with Gasteiger partial charge in [-0.05, 0) is 150 Å². The van der Waals surface area contributed by atoms with Crippen molar-refractivity contribution in [2.75, 3.05) is 56.6 Å². The molecule has 0 unspecified atom stereocenters. The summed E-state index contributed by atoms with van der Waals surface area (Å²) in [6.07, 6.45) is -17.5. The molecule has 0 aromatic carbocycles. The third-order valence-corrected chi connectivity index (χ3v) is 24.5. The number of hydrogen-bond acceptors (Lipinski definition) is 28. The Bertz CT molecular complexity index is 2550. The summed E-state index contributed by atoms with van der Waals surface area (Å²) >= 11 is 0. The minimum atomic E-state index is -1.96. The number of hydrogen-bond donors (Lipinski definition) is 8. The number of aliphatic hydroxyl groups excluding tert-OH is 6. The number of likely N-dealkylation sites (N-methyl/N-ethyl adjacent to an activating group) is 2. The largest absolute Gasteiger partial charge is 0.459 e. The number of rotatable bonds is 16. The van der Waals surface area contributed by atoms with Crippen LogP contribution in [0.4, 0.5) is 0 Å². The van der Waals surface area contributed by atoms with Gasteiger partial charge in [-0.1, -0.05) is 55.4 Å². The lowest BCUT2D eigenvalue weighted by Crippen LogP contribution is -2.61. The first kappa shape index (κ1) is 92.0. The molecule has 0 bridgehead atoms. The standard InChI is InChI=1S/2C38H69NO13/c2*1-15-26-38(10,45)31(42)21(4)28(40)19(2)17-37(9,47-14)33(52-35-29(41)25(39(11)12)16-20(3)48-35)22(5)30(23(6)34(44)50-26)51-27-18-36(8,46-13)32(43)24(7)49-27/h2*19-27,29-33,35,41-43,45H,15-18H2,1-14H3/t2*19-,20-,21+,22+,23-,24+,25+,26-,27+,29-,30+,31-,32+,33-,35+,36-,37-,38-/m11/s1. The summed E-state index contributed by atoms with van der Waals surface area (Å²) in [7, 11) is 13.5. The zero-order valence-corrected chi connectivity index (χ0v) is 67.8. The number of cyclic esters (lactones) is 2. The molecule has 28 nitrogen and oxygen atoms in total. The molecule has 0 amide bonds. The maximum atomic E-state index is 14.2. The molecule has 28 heteroatoms. The second-order valence-electron chi connectivity index (χ2n) is 33.3. The Kier molecular flexibility index (Phi) is 32.9. The van der Waals surface area contributed by atoms with E-state index in [0.29, 0.717) is 12.8 Å². The number of carbonyl (C=O) groups excluding carboxylic acids is 4. The van der Waals surface area contributed by atoms with Crippen molar-refractivity contribution in [1.29, 1.82) is 0 Å². The van der Waals surface area contributed by atoms with Gasteiger partial charge < -0.3 is 117 Å². The lowest BCUT2D eigenvalue weighted by atomic mass is 9.73. The minimum Gasteiger partial charge on any atom is -0.459 e. The van der Waals surface area contributed by atoms with Crippen molar-refractivity contribution in [2.45, 2.75) is 358 Å². The molecule has 6 saturated heterocycles. The van der Waals surface area contributed by atoms with Crippen molar-refractivity contribution in [3.63, 3.8) is 0 Å². The monoisotopic (exact) mass is 1490 g/mol. The van der Waals surface area contributed by atoms with Gasteiger partial charge in [0.25, 0.3) is 0 Å². The molecule has 608 valence electrons. The topological polar surface area (TPSA) is 366 Å². The first-order chi connectivity index (χ1) is 48.0. The number of Topliss-reactive ketones (excluding diaryl/α,β-unsaturated/α-hetero) is 2. The fraction of sp³-hybridized carbons (Fsp3) is 0.947. The first-order valence-corrected chi connectivity index (χ1v) is 37.8. The van der Waals surface area contributed by atoms with E-state index >= 15 is 0 Å². The maximum Gasteiger partial charge on any atom is 0.311 e. The van der Waals surface area contributed by atoms with Gasteiger partial charge in [0.15, 0.2) is 25.2 Å². The molecule has 0 saturated carbocycles. The van der Waals surface area contributed by atoms with Gasteiger partial charge in [-0.25, -0.2) is 0 Å². The van der Waals surface area contributed by atoms with Crippen LogP contribution < -0.4 is 0 Å². The number of methoxy groups -OCH3 is 4. The highest BCUT2D eigenvalue weighted by molar-refractivity contribution is 5.84. The van der Waals surface area contributed by atoms with E-state index in [1.807, 2.05) is 65.7 Å². The number of ether oxygens (including phenoxy) is 14. The number of esters is 2. The Morgan fingerprint density at radius 1 is 0.423 bits per heavy atom. The normalized spacial score (nSPS) is 49.0. The molecule has 6 aliphatic rings. The predicted molar refractivity (Wildman–Crippen MR) is 382 cm³/mol. The molecule has 6 fully saturated rings. The zero-order valence-electron chi connectivity index (χ0n) is 67.8. The first-order valence-electron chi connectivity index (χ1n) is 37.8. The average molecular weight is 1500 g/mol. The molecule has 104 heavy (non-hydrogen) atoms. The van der Waals surface area contributed by atoms with E-state index in [-0.39, 0.29) is 74.4 Å². The second-order valence-corrected chi connectivity index (χ2v) is 33.3. The number of aliphatic hydroxyl groups is 8. The average Bonchev–Trinajstić information content (AvgIpc) is 0.928. The molecule has 0 aromatic heterocycles. The molecular weight excluding hydrogens is 1360 g/mol. The smallest absolute Gasteiger partial charge is 0.311 e. The highest BCUT2D eigenvalue weighted by atomic mass is 16.7. The molecular formula is C76H138N2O26. The van der Waals surface area contributed by atoms with Crippen LogP contribution in [-0.4, -0.2) is 299 Å². The van der Waals surface area contributed by atoms with Crippen LogP contribution in [0.15, 0.2) is 0 Å². The molecule has 0 spiro atoms. The molecule has 6 rings (SSSR count). The Morgan fingerprint density at radius 2 is 0.721 bits per heavy atom. The van der Waals surface area contributed by atoms with Gasteiger partial charge >= 0.3 is 11.9 Å². The van der Waals surface area contributed by atoms with E-state index in [1.165, 1.54) is 42.3 Å². The minimum absolute atomic E-state index is 0.111. The van der Waals surface area contributed by atoms with Gasteiger partial charge in [-0.2, -0.15) is 0 Å². The highest BCUT2D eigenvalue weighted by Crippen LogP contribution is 2.45. The summed E-state index contributed by atoms with van der Waals surface area (Å²) in [6, 6.07) is -0.566. The summed E-state index contributed by atoms with van der Waals surface area (Å²) in [5.41, 5.74) is -8.49. The van der Waals surface area contributed by atoms with Gasteiger partial charge in [0.1, 0.15) is 59.4 Å². The summed E-state index contributed by atoms with van der Waals surface area (Å²) < 4.78 is 87.7. The van der Waals surface area contributed by atoms with Crippen molar-refractivity contribution in [1.82, 2.24) is 9.80 Å². The van der Waals surface area contributed by atoms with Gasteiger partial charge in [0.05, 0.1) is 95.3 Å². The van der Waals surface area contributed by atoms with Crippen LogP contribution in [0.5, 0.6) is 0 Å². The van der Waals surface area contributed by atoms with E-state index in [2.05, 4.69) is 0 Å². The Balaban J connectivity index is 0.000000374. The van der Waals surface area contributed by atoms with Crippen LogP contribution in [0.3, 0.4) is 0 Å². The fourth-order valence-corrected chi connectivity index (χ4v) is 17.2. The Morgan fingerprint density at radius 3 is 0.990 bits per heavy atom. The van der Waals surface area contributed by atoms with Gasteiger partial charge in [0.2, 0.25) is 0 Å². The molecule has 0 aliphatic carbocycles. The summed E-state index contributed by atoms with van der Waals surface area (Å²) in [4.78, 5) is 60.1. The predicted octanol–water partition coefficient (Wildman–Crippen LogP) is 4.88. The van der Waals surface area contributed by atoms with Crippen LogP contribution in [0.2, 0.25) is 0 Å². The molecule has 36 atom stereocenters. The van der Waals surface area contributed by atoms with Crippen LogP contribution in [0.1, 0.15) is 190 Å². The van der Waals surface area contributed by atoms with E-state index in [9.17, 15) is 60.0 Å². The Hall–Kier alpha value is -2.60. The van der Waals surface area contributed by atoms with Crippen molar-refractivity contribution in [2.24, 2.45) is 47.3 Å². The molecule has 8 N–H and O–H groups in total. The third-order valence-electron chi connectivity index (χ3n) is 24.5. The van der Waals surface area contributed by atoms with Crippen molar-refractivity contribution in [3.05, 3.63) is 0 Å². The fourth-order valence-electron chi connectivity index (χ4n) is 17.2. The quantitative estimate of drug-likeness (QED) is 0.0955. The number of nitrogens with zero attached hydrogens (tertiary/aromatic N) is 2. The van der Waals surface area contributed by atoms with E-state index in [4.69, 9.17) is 66.3 Å². The summed E-state index contributed by atoms with van der Waals surface area (Å²) in [5, 5.41) is 91.1. The van der Waals surface area contributed by atoms with Gasteiger partial charge in [0, 0.05) is 88.9 Å². The summed E-state index contributed by atoms with van der Waals surface area (Å²) in [6.45, 7) is 34.1. The second kappa shape index (κ2) is 37.2. The van der Waals surface area contributed by atoms with Gasteiger partial charge in [-0.15, -0.1) is 0 Å². The molecule has 0 radical (unpaired) electrons. The lowest BCUT2D eigenvalue weighted by Gasteiger charge is -2.50. The van der Waals surface area contributed by atoms with Crippen LogP contribution in [0.25, 0.3) is 0 Å². The maximum absolute atomic E-state index is 14.2. The third kappa shape index (κ3) is 20.4. The molecule has 6 heterocycles. The number of ketones is 2. The van der Waals surface area contributed by atoms with Gasteiger partial charge in [-0.3, -0.25) is 19.2 Å². The van der Waals surface area contributed by atoms with E-state index in [0.717, 1.165) is 0 Å². The molecule has 6 aliphatic heterocycles. The van der Waals surface area contributed by atoms with E-state index in [1.54, 1.807) is 96.9 Å². The SMILES string of the molecule is CC[C@H]1OC(=O)[C@H](C)[C@@H](O[C@H]2C[C@@](C)(OC)[C@@H](O)[C@H](C)O2)[C@H](C)[C@@H](O[C@@H]2O[C@H](C)C[C@H](N(C)C)[C@H]2O)[C@](C)(OC)C[C@@H](C)C(=O)[C@H](C)[C@@H](O)[C@]1(C)O.CC[C@H]1OC(=O)[C@H](C)[C@@H](O[C@H]2C[C@@](C)(OC)[C@@H](O)[C@H](C)O2)[C@H](C)[C@@H](O[C@@H]2O[C@H](C)C[C@H](N(C)C)[C@H]2O)[C@](C)(OC)C[C@@H](C)C(=O)[C@H](C)[C@@H](O)[C@]1(C)O. The number of carbonyl (C=O) groups is 4. The van der Waals surface area contributed by atoms with E-state index < -0.39 is 204 Å². The molecule has 0 aromatic rings. The van der Waals surface area contributed by atoms with Crippen molar-refractivity contribution in [3.8, 4) is 0 Å². The van der Waals surface area contributed by atoms with Crippen molar-refractivity contribution < 1.29 is 126 Å². The summed E-state index contributed by atoms with van der Waals surface area (Å²) in [5.74, 6) is -8.94. The highest BCUT2D eigenvalue weighted by Gasteiger charge is 2.58. The van der Waals surface area contributed by atoms with Crippen molar-refractivity contribution >= 4 is 23.5 Å². The Labute approximate surface area is 619 Å². The van der Waals surface area contributed by atoms with Crippen LogP contribution in [0, 0.1) is 47.3 Å². The zero-order chi connectivity index (χ0) is 79.3. The lowest BCUT2D eigenvalue weighted by molar-refractivity contribution is -0.319. The van der Waals surface area contributed by atoms with Crippen LogP contribution >= 0.6 is 0 Å². The van der Waals surface area contributed by atoms with Crippen LogP contribution in [-0.2, 0) is 85.5 Å².